The predicted octanol–water partition coefficient (Wildman–Crippen LogP) is 5.81. The van der Waals surface area contributed by atoms with Gasteiger partial charge in [0.05, 0.1) is 18.5 Å². The first-order valence-electron chi connectivity index (χ1n) is 14.6. The smallest absolute Gasteiger partial charge is 0.274 e. The average Bonchev–Trinajstić information content (AvgIpc) is 3.84. The van der Waals surface area contributed by atoms with Crippen LogP contribution in [0.5, 0.6) is 5.06 Å². The maximum Gasteiger partial charge on any atom is 0.274 e. The number of nitrogens with zero attached hydrogens (tertiary/aromatic N) is 6. The Hall–Kier alpha value is -5.18. The number of carbonyl (C=O) groups is 2. The molecule has 0 atom stereocenters. The fraction of sp³-hybridized carbons (Fsp3) is 0.212. The molecule has 0 aromatic carbocycles. The van der Waals surface area contributed by atoms with Crippen LogP contribution in [0.25, 0.3) is 11.4 Å². The predicted molar refractivity (Wildman–Crippen MR) is 181 cm³/mol. The second-order valence-corrected chi connectivity index (χ2v) is 13.1. The van der Waals surface area contributed by atoms with E-state index in [1.54, 1.807) is 56.9 Å². The van der Waals surface area contributed by atoms with Gasteiger partial charge >= 0.3 is 0 Å². The van der Waals surface area contributed by atoms with E-state index in [2.05, 4.69) is 20.6 Å². The third kappa shape index (κ3) is 7.30. The van der Waals surface area contributed by atoms with Gasteiger partial charge in [-0.3, -0.25) is 30.2 Å². The molecule has 0 saturated heterocycles. The van der Waals surface area contributed by atoms with Crippen LogP contribution in [0.3, 0.4) is 0 Å². The molecule has 3 N–H and O–H groups in total. The second-order valence-electron chi connectivity index (χ2n) is 11.3. The molecule has 6 rings (SSSR count). The zero-order chi connectivity index (χ0) is 33.1. The Labute approximate surface area is 278 Å². The van der Waals surface area contributed by atoms with E-state index in [0.29, 0.717) is 56.9 Å². The number of ether oxygens (including phenoxy) is 1. The van der Waals surface area contributed by atoms with E-state index < -0.39 is 5.60 Å². The topological polar surface area (TPSA) is 149 Å². The molecule has 0 unspecified atom stereocenters. The quantitative estimate of drug-likeness (QED) is 0.157. The molecule has 6 aromatic rings. The fourth-order valence-electron chi connectivity index (χ4n) is 4.94. The molecule has 0 aliphatic carbocycles. The normalized spacial score (nSPS) is 11.4. The van der Waals surface area contributed by atoms with Crippen LogP contribution in [0.4, 0.5) is 10.3 Å². The van der Waals surface area contributed by atoms with E-state index in [4.69, 9.17) is 14.7 Å². The lowest BCUT2D eigenvalue weighted by Gasteiger charge is -2.13. The molecule has 0 fully saturated rings. The third-order valence-corrected chi connectivity index (χ3v) is 8.88. The Balaban J connectivity index is 1.19. The summed E-state index contributed by atoms with van der Waals surface area (Å²) in [6.07, 6.45) is 7.13. The molecular weight excluding hydrogens is 637 g/mol. The number of aromatic nitrogens is 6. The van der Waals surface area contributed by atoms with Crippen molar-refractivity contribution in [2.75, 3.05) is 17.7 Å². The van der Waals surface area contributed by atoms with Gasteiger partial charge in [0.1, 0.15) is 22.7 Å². The zero-order valence-corrected chi connectivity index (χ0v) is 27.7. The number of thiazole rings is 2. The van der Waals surface area contributed by atoms with E-state index >= 15 is 0 Å². The summed E-state index contributed by atoms with van der Waals surface area (Å²) in [6.45, 7) is 6.10. The molecule has 0 radical (unpaired) electrons. The lowest BCUT2D eigenvalue weighted by Crippen LogP contribution is -2.18. The van der Waals surface area contributed by atoms with E-state index in [0.717, 1.165) is 16.8 Å². The Morgan fingerprint density at radius 1 is 0.894 bits per heavy atom. The highest BCUT2D eigenvalue weighted by atomic mass is 32.1. The fourth-order valence-corrected chi connectivity index (χ4v) is 6.60. The van der Waals surface area contributed by atoms with Crippen molar-refractivity contribution in [3.8, 4) is 16.5 Å². The van der Waals surface area contributed by atoms with Gasteiger partial charge in [-0.05, 0) is 80.4 Å². The number of anilines is 2. The van der Waals surface area contributed by atoms with E-state index in [-0.39, 0.29) is 11.8 Å². The molecule has 0 spiro atoms. The maximum absolute atomic E-state index is 13.3. The lowest BCUT2D eigenvalue weighted by atomic mass is 10.1. The Morgan fingerprint density at radius 2 is 1.53 bits per heavy atom. The number of aryl methyl sites for hydroxylation is 1. The highest BCUT2D eigenvalue weighted by Gasteiger charge is 2.22. The van der Waals surface area contributed by atoms with Gasteiger partial charge < -0.3 is 19.0 Å². The maximum atomic E-state index is 13.3. The summed E-state index contributed by atoms with van der Waals surface area (Å²) in [5.74, 6) is -0.608. The minimum atomic E-state index is -1.10. The van der Waals surface area contributed by atoms with Gasteiger partial charge in [-0.1, -0.05) is 11.3 Å². The van der Waals surface area contributed by atoms with Crippen molar-refractivity contribution < 1.29 is 19.4 Å². The number of rotatable bonds is 11. The van der Waals surface area contributed by atoms with Crippen LogP contribution in [-0.2, 0) is 18.7 Å². The number of hydrogen-bond donors (Lipinski definition) is 3. The molecule has 2 amide bonds. The number of methoxy groups -OCH3 is 1. The first kappa shape index (κ1) is 31.8. The van der Waals surface area contributed by atoms with Gasteiger partial charge in [-0.25, -0.2) is 9.97 Å². The minimum absolute atomic E-state index is 0.294. The SMILES string of the molecule is COc1sc(NC(=O)c2cccn2Cc2ccncc2)nc1-c1cc(Cn2cccc2C(=O)Nc2nc(C(C)(C)O)cs2)cc(C)n1. The molecule has 14 heteroatoms. The van der Waals surface area contributed by atoms with Crippen molar-refractivity contribution in [2.24, 2.45) is 0 Å². The molecular formula is C33H32N8O4S2. The number of pyridine rings is 2. The van der Waals surface area contributed by atoms with Crippen LogP contribution in [0.1, 0.15) is 57.3 Å². The number of hydrogen-bond acceptors (Lipinski definition) is 10. The Bertz CT molecular complexity index is 2040. The summed E-state index contributed by atoms with van der Waals surface area (Å²) in [5, 5.41) is 19.0. The molecule has 0 aliphatic heterocycles. The van der Waals surface area contributed by atoms with Crippen LogP contribution < -0.4 is 15.4 Å². The monoisotopic (exact) mass is 668 g/mol. The number of aliphatic hydroxyl groups is 1. The van der Waals surface area contributed by atoms with E-state index in [1.165, 1.54) is 22.7 Å². The Morgan fingerprint density at radius 3 is 2.15 bits per heavy atom. The highest BCUT2D eigenvalue weighted by Crippen LogP contribution is 2.37. The van der Waals surface area contributed by atoms with Gasteiger partial charge in [0, 0.05) is 49.0 Å². The van der Waals surface area contributed by atoms with Crippen molar-refractivity contribution in [3.05, 3.63) is 113 Å². The first-order valence-corrected chi connectivity index (χ1v) is 16.3. The summed E-state index contributed by atoms with van der Waals surface area (Å²) < 4.78 is 9.35. The highest BCUT2D eigenvalue weighted by molar-refractivity contribution is 7.18. The average molecular weight is 669 g/mol. The van der Waals surface area contributed by atoms with Gasteiger partial charge in [-0.2, -0.15) is 0 Å². The summed E-state index contributed by atoms with van der Waals surface area (Å²) >= 11 is 2.47. The van der Waals surface area contributed by atoms with Crippen LogP contribution >= 0.6 is 22.7 Å². The van der Waals surface area contributed by atoms with Gasteiger partial charge in [0.2, 0.25) is 5.06 Å². The third-order valence-electron chi connectivity index (χ3n) is 7.19. The summed E-state index contributed by atoms with van der Waals surface area (Å²) in [7, 11) is 1.55. The molecule has 0 saturated carbocycles. The summed E-state index contributed by atoms with van der Waals surface area (Å²) in [6, 6.07) is 14.8. The van der Waals surface area contributed by atoms with Crippen LogP contribution in [0, 0.1) is 6.92 Å². The van der Waals surface area contributed by atoms with Crippen molar-refractivity contribution in [1.82, 2.24) is 29.1 Å². The van der Waals surface area contributed by atoms with Gasteiger partial charge in [0.25, 0.3) is 11.8 Å². The summed E-state index contributed by atoms with van der Waals surface area (Å²) in [5.41, 5.74) is 4.09. The molecule has 0 aliphatic rings. The van der Waals surface area contributed by atoms with Gasteiger partial charge in [0.15, 0.2) is 10.3 Å². The number of carbonyl (C=O) groups excluding carboxylic acids is 2. The first-order chi connectivity index (χ1) is 22.6. The number of amides is 2. The van der Waals surface area contributed by atoms with Crippen LogP contribution in [0.2, 0.25) is 0 Å². The second kappa shape index (κ2) is 13.3. The van der Waals surface area contributed by atoms with E-state index in [1.807, 2.05) is 58.8 Å². The summed E-state index contributed by atoms with van der Waals surface area (Å²) in [4.78, 5) is 44.2. The molecule has 0 bridgehead atoms. The van der Waals surface area contributed by atoms with Crippen molar-refractivity contribution in [2.45, 2.75) is 39.5 Å². The molecule has 12 nitrogen and oxygen atoms in total. The van der Waals surface area contributed by atoms with Crippen LogP contribution in [-0.4, -0.2) is 53.1 Å². The lowest BCUT2D eigenvalue weighted by molar-refractivity contribution is 0.0745. The van der Waals surface area contributed by atoms with Crippen LogP contribution in [0.15, 0.2) is 78.7 Å². The largest absolute Gasteiger partial charge is 0.486 e. The van der Waals surface area contributed by atoms with Crippen molar-refractivity contribution in [3.63, 3.8) is 0 Å². The molecule has 6 aromatic heterocycles. The zero-order valence-electron chi connectivity index (χ0n) is 26.1. The van der Waals surface area contributed by atoms with Gasteiger partial charge in [-0.15, -0.1) is 11.3 Å². The van der Waals surface area contributed by atoms with E-state index in [9.17, 15) is 14.7 Å². The van der Waals surface area contributed by atoms with Crippen molar-refractivity contribution in [1.29, 1.82) is 0 Å². The number of nitrogens with one attached hydrogen (secondary N) is 2. The molecule has 240 valence electrons. The molecule has 6 heterocycles. The van der Waals surface area contributed by atoms with Crippen molar-refractivity contribution >= 4 is 44.8 Å². The standard InChI is InChI=1S/C33H32N8O4S2/c1-20-15-22(18-41-14-6-7-24(41)28(42)38-31-36-26(19-46-31)33(2,3)44)16-23(35-20)27-30(45-4)47-32(37-27)39-29(43)25-8-5-13-40(25)17-21-9-11-34-12-10-21/h5-16,19,44H,17-18H2,1-4H3,(H,36,38,42)(H,37,39,43). The molecule has 47 heavy (non-hydrogen) atoms. The minimum Gasteiger partial charge on any atom is -0.486 e. The Kier molecular flexibility index (Phi) is 8.98.